The predicted octanol–water partition coefficient (Wildman–Crippen LogP) is 1.40. The van der Waals surface area contributed by atoms with Crippen LogP contribution in [0.25, 0.3) is 10.6 Å². The van der Waals surface area contributed by atoms with E-state index >= 15 is 0 Å². The van der Waals surface area contributed by atoms with Crippen LogP contribution < -0.4 is 0 Å². The van der Waals surface area contributed by atoms with E-state index in [0.717, 1.165) is 10.6 Å². The summed E-state index contributed by atoms with van der Waals surface area (Å²) < 4.78 is 23.4. The van der Waals surface area contributed by atoms with Crippen molar-refractivity contribution in [3.8, 4) is 10.6 Å². The molecular weight excluding hydrogens is 310 g/mol. The maximum atomic E-state index is 12.2. The fourth-order valence-corrected chi connectivity index (χ4v) is 4.20. The zero-order chi connectivity index (χ0) is 15.0. The van der Waals surface area contributed by atoms with Gasteiger partial charge in [0.1, 0.15) is 0 Å². The average Bonchev–Trinajstić information content (AvgIpc) is 3.07. The van der Waals surface area contributed by atoms with Crippen LogP contribution in [0.4, 0.5) is 0 Å². The molecule has 6 nitrogen and oxygen atoms in total. The Morgan fingerprint density at radius 2 is 2.29 bits per heavy atom. The zero-order valence-electron chi connectivity index (χ0n) is 11.4. The lowest BCUT2D eigenvalue weighted by atomic mass is 10.2. The first-order valence-corrected chi connectivity index (χ1v) is 9.21. The van der Waals surface area contributed by atoms with Crippen LogP contribution in [0.5, 0.6) is 0 Å². The minimum absolute atomic E-state index is 0.116. The number of hydrogen-bond donors (Lipinski definition) is 1. The summed E-state index contributed by atoms with van der Waals surface area (Å²) in [6, 6.07) is 5.58. The van der Waals surface area contributed by atoms with Gasteiger partial charge >= 0.3 is 0 Å². The lowest BCUT2D eigenvalue weighted by Crippen LogP contribution is -2.57. The molecule has 21 heavy (non-hydrogen) atoms. The van der Waals surface area contributed by atoms with Crippen LogP contribution in [0.15, 0.2) is 23.6 Å². The summed E-state index contributed by atoms with van der Waals surface area (Å²) in [4.78, 5) is 14.8. The van der Waals surface area contributed by atoms with Crippen molar-refractivity contribution in [3.63, 3.8) is 0 Å². The molecule has 1 amide bonds. The number of nitrogens with one attached hydrogen (secondary N) is 1. The van der Waals surface area contributed by atoms with Crippen LogP contribution in [0.2, 0.25) is 0 Å². The van der Waals surface area contributed by atoms with Gasteiger partial charge in [0.25, 0.3) is 5.91 Å². The van der Waals surface area contributed by atoms with Crippen molar-refractivity contribution in [2.45, 2.75) is 12.2 Å². The Morgan fingerprint density at radius 3 is 2.90 bits per heavy atom. The third-order valence-corrected chi connectivity index (χ3v) is 6.65. The molecule has 1 saturated heterocycles. The van der Waals surface area contributed by atoms with Gasteiger partial charge in [-0.15, -0.1) is 11.3 Å². The van der Waals surface area contributed by atoms with E-state index in [-0.39, 0.29) is 24.7 Å². The third kappa shape index (κ3) is 2.60. The van der Waals surface area contributed by atoms with Crippen molar-refractivity contribution in [2.75, 3.05) is 18.8 Å². The maximum Gasteiger partial charge on any atom is 0.274 e. The topological polar surface area (TPSA) is 83.1 Å². The molecule has 3 heterocycles. The molecule has 2 aromatic heterocycles. The fourth-order valence-electron chi connectivity index (χ4n) is 2.22. The highest BCUT2D eigenvalue weighted by Gasteiger charge is 2.39. The molecule has 0 radical (unpaired) electrons. The first-order chi connectivity index (χ1) is 10.0. The fraction of sp³-hybridized carbons (Fsp3) is 0.385. The second kappa shape index (κ2) is 5.27. The molecule has 1 aliphatic rings. The van der Waals surface area contributed by atoms with Gasteiger partial charge in [0, 0.05) is 18.8 Å². The van der Waals surface area contributed by atoms with Crippen LogP contribution in [-0.4, -0.2) is 53.5 Å². The second-order valence-electron chi connectivity index (χ2n) is 4.93. The van der Waals surface area contributed by atoms with E-state index in [0.29, 0.717) is 5.69 Å². The highest BCUT2D eigenvalue weighted by atomic mass is 32.2. The number of aromatic amines is 1. The summed E-state index contributed by atoms with van der Waals surface area (Å²) in [5.41, 5.74) is 1.12. The Morgan fingerprint density at radius 1 is 1.52 bits per heavy atom. The van der Waals surface area contributed by atoms with Gasteiger partial charge in [0.15, 0.2) is 15.5 Å². The highest BCUT2D eigenvalue weighted by Crippen LogP contribution is 2.24. The van der Waals surface area contributed by atoms with E-state index in [9.17, 15) is 13.2 Å². The Balaban J connectivity index is 1.68. The Hall–Kier alpha value is -1.67. The third-order valence-electron chi connectivity index (χ3n) is 3.63. The van der Waals surface area contributed by atoms with Gasteiger partial charge in [-0.2, -0.15) is 5.10 Å². The number of thiophene rings is 1. The van der Waals surface area contributed by atoms with Gasteiger partial charge in [-0.05, 0) is 17.5 Å². The van der Waals surface area contributed by atoms with Crippen LogP contribution in [0.3, 0.4) is 0 Å². The first-order valence-electron chi connectivity index (χ1n) is 6.61. The summed E-state index contributed by atoms with van der Waals surface area (Å²) in [6.45, 7) is 2.15. The summed E-state index contributed by atoms with van der Waals surface area (Å²) in [5.74, 6) is -0.110. The van der Waals surface area contributed by atoms with Crippen LogP contribution in [-0.2, 0) is 9.84 Å². The molecule has 1 fully saturated rings. The van der Waals surface area contributed by atoms with Crippen molar-refractivity contribution in [3.05, 3.63) is 29.3 Å². The number of hydrogen-bond acceptors (Lipinski definition) is 5. The standard InChI is InChI=1S/C13H15N3O3S2/c1-2-21(18,19)9-7-16(8-9)13(17)11-6-10(14-15-11)12-4-3-5-20-12/h3-6,9H,2,7-8H2,1H3,(H,14,15). The molecule has 1 aliphatic heterocycles. The summed E-state index contributed by atoms with van der Waals surface area (Å²) in [6.07, 6.45) is 0. The highest BCUT2D eigenvalue weighted by molar-refractivity contribution is 7.92. The van der Waals surface area contributed by atoms with Gasteiger partial charge in [-0.1, -0.05) is 13.0 Å². The molecule has 0 aliphatic carbocycles. The van der Waals surface area contributed by atoms with Gasteiger partial charge in [-0.3, -0.25) is 9.89 Å². The average molecular weight is 325 g/mol. The molecule has 0 bridgehead atoms. The first kappa shape index (κ1) is 14.3. The quantitative estimate of drug-likeness (QED) is 0.921. The number of carbonyl (C=O) groups is 1. The van der Waals surface area contributed by atoms with Crippen molar-refractivity contribution in [2.24, 2.45) is 0 Å². The second-order valence-corrected chi connectivity index (χ2v) is 8.45. The summed E-state index contributed by atoms with van der Waals surface area (Å²) >= 11 is 1.56. The monoisotopic (exact) mass is 325 g/mol. The Labute approximate surface area is 126 Å². The molecule has 0 unspecified atom stereocenters. The SMILES string of the molecule is CCS(=O)(=O)C1CN(C(=O)c2cc(-c3cccs3)[nH]n2)C1. The lowest BCUT2D eigenvalue weighted by Gasteiger charge is -2.37. The molecule has 0 saturated carbocycles. The number of carbonyl (C=O) groups excluding carboxylic acids is 1. The molecular formula is C13H15N3O3S2. The molecule has 112 valence electrons. The predicted molar refractivity (Wildman–Crippen MR) is 81.1 cm³/mol. The lowest BCUT2D eigenvalue weighted by molar-refractivity contribution is 0.0653. The van der Waals surface area contributed by atoms with Crippen LogP contribution in [0, 0.1) is 0 Å². The van der Waals surface area contributed by atoms with E-state index in [1.165, 1.54) is 4.90 Å². The summed E-state index contributed by atoms with van der Waals surface area (Å²) in [5, 5.41) is 8.39. The largest absolute Gasteiger partial charge is 0.335 e. The molecule has 3 rings (SSSR count). The van der Waals surface area contributed by atoms with Crippen molar-refractivity contribution >= 4 is 27.1 Å². The van der Waals surface area contributed by atoms with E-state index in [4.69, 9.17) is 0 Å². The van der Waals surface area contributed by atoms with E-state index in [2.05, 4.69) is 10.2 Å². The van der Waals surface area contributed by atoms with Crippen LogP contribution >= 0.6 is 11.3 Å². The van der Waals surface area contributed by atoms with Crippen LogP contribution in [0.1, 0.15) is 17.4 Å². The molecule has 0 atom stereocenters. The zero-order valence-corrected chi connectivity index (χ0v) is 13.1. The summed E-state index contributed by atoms with van der Waals surface area (Å²) in [7, 11) is -3.06. The number of amides is 1. The number of rotatable bonds is 4. The van der Waals surface area contributed by atoms with Gasteiger partial charge < -0.3 is 4.90 Å². The van der Waals surface area contributed by atoms with Gasteiger partial charge in [-0.25, -0.2) is 8.42 Å². The molecule has 8 heteroatoms. The molecule has 2 aromatic rings. The molecule has 0 aromatic carbocycles. The van der Waals surface area contributed by atoms with Crippen molar-refractivity contribution in [1.82, 2.24) is 15.1 Å². The number of nitrogens with zero attached hydrogens (tertiary/aromatic N) is 2. The molecule has 0 spiro atoms. The molecule has 1 N–H and O–H groups in total. The smallest absolute Gasteiger partial charge is 0.274 e. The number of aromatic nitrogens is 2. The van der Waals surface area contributed by atoms with E-state index in [1.807, 2.05) is 17.5 Å². The van der Waals surface area contributed by atoms with Crippen molar-refractivity contribution in [1.29, 1.82) is 0 Å². The van der Waals surface area contributed by atoms with E-state index < -0.39 is 15.1 Å². The number of sulfone groups is 1. The minimum atomic E-state index is -3.06. The minimum Gasteiger partial charge on any atom is -0.335 e. The Bertz CT molecular complexity index is 743. The van der Waals surface area contributed by atoms with E-state index in [1.54, 1.807) is 24.3 Å². The van der Waals surface area contributed by atoms with Gasteiger partial charge in [0.2, 0.25) is 0 Å². The van der Waals surface area contributed by atoms with Crippen molar-refractivity contribution < 1.29 is 13.2 Å². The maximum absolute atomic E-state index is 12.2. The Kier molecular flexibility index (Phi) is 3.58. The van der Waals surface area contributed by atoms with Gasteiger partial charge in [0.05, 0.1) is 15.8 Å². The normalized spacial score (nSPS) is 16.0. The number of likely N-dealkylation sites (tertiary alicyclic amines) is 1. The number of H-pyrrole nitrogens is 1.